The van der Waals surface area contributed by atoms with Crippen LogP contribution in [-0.4, -0.2) is 16.2 Å². The molecule has 1 rings (SSSR count). The second-order valence-corrected chi connectivity index (χ2v) is 4.11. The van der Waals surface area contributed by atoms with Crippen molar-refractivity contribution in [3.05, 3.63) is 34.9 Å². The van der Waals surface area contributed by atoms with Crippen LogP contribution in [-0.2, 0) is 4.79 Å². The Balaban J connectivity index is 2.94. The Bertz CT molecular complexity index is 365. The summed E-state index contributed by atoms with van der Waals surface area (Å²) in [6.45, 7) is 1.88. The number of aliphatic hydroxyl groups is 1. The fraction of sp³-hybridized carbons (Fsp3) is 0.417. The van der Waals surface area contributed by atoms with Gasteiger partial charge in [-0.15, -0.1) is 0 Å². The first-order chi connectivity index (χ1) is 7.57. The summed E-state index contributed by atoms with van der Waals surface area (Å²) >= 11 is 5.92. The van der Waals surface area contributed by atoms with E-state index in [1.807, 2.05) is 6.92 Å². The summed E-state index contributed by atoms with van der Waals surface area (Å²) in [4.78, 5) is 11.0. The van der Waals surface area contributed by atoms with Gasteiger partial charge in [-0.3, -0.25) is 4.79 Å². The number of carbonyl (C=O) groups is 1. The predicted octanol–water partition coefficient (Wildman–Crippen LogP) is 2.87. The Morgan fingerprint density at radius 1 is 1.44 bits per heavy atom. The van der Waals surface area contributed by atoms with Gasteiger partial charge >= 0.3 is 5.97 Å². The van der Waals surface area contributed by atoms with Crippen molar-refractivity contribution in [3.8, 4) is 0 Å². The van der Waals surface area contributed by atoms with Crippen molar-refractivity contribution in [3.63, 3.8) is 0 Å². The standard InChI is InChI=1S/C12H15ClO3/c1-2-5-9(12(15)16)11(14)8-6-3-4-7-10(8)13/h3-4,6-7,9,11,14H,2,5H2,1H3,(H,15,16). The SMILES string of the molecule is CCCC(C(=O)O)C(O)c1ccccc1Cl. The van der Waals surface area contributed by atoms with Gasteiger partial charge in [-0.1, -0.05) is 43.1 Å². The summed E-state index contributed by atoms with van der Waals surface area (Å²) in [7, 11) is 0. The number of benzene rings is 1. The monoisotopic (exact) mass is 242 g/mol. The van der Waals surface area contributed by atoms with Gasteiger partial charge in [0.1, 0.15) is 0 Å². The zero-order valence-corrected chi connectivity index (χ0v) is 9.81. The fourth-order valence-corrected chi connectivity index (χ4v) is 1.91. The lowest BCUT2D eigenvalue weighted by Gasteiger charge is -2.19. The van der Waals surface area contributed by atoms with E-state index in [2.05, 4.69) is 0 Å². The Labute approximate surface area is 99.7 Å². The second kappa shape index (κ2) is 5.87. The average molecular weight is 243 g/mol. The average Bonchev–Trinajstić information content (AvgIpc) is 2.25. The first-order valence-electron chi connectivity index (χ1n) is 5.23. The molecule has 0 fully saturated rings. The molecule has 2 atom stereocenters. The van der Waals surface area contributed by atoms with Gasteiger partial charge < -0.3 is 10.2 Å². The molecular weight excluding hydrogens is 228 g/mol. The minimum atomic E-state index is -1.05. The predicted molar refractivity (Wildman–Crippen MR) is 62.4 cm³/mol. The lowest BCUT2D eigenvalue weighted by atomic mass is 9.92. The molecule has 0 aliphatic carbocycles. The molecule has 0 amide bonds. The largest absolute Gasteiger partial charge is 0.481 e. The van der Waals surface area contributed by atoms with Crippen LogP contribution < -0.4 is 0 Å². The van der Waals surface area contributed by atoms with Gasteiger partial charge in [-0.25, -0.2) is 0 Å². The Morgan fingerprint density at radius 2 is 2.06 bits per heavy atom. The molecule has 0 heterocycles. The van der Waals surface area contributed by atoms with Gasteiger partial charge in [0, 0.05) is 5.02 Å². The third kappa shape index (κ3) is 2.97. The van der Waals surface area contributed by atoms with Gasteiger partial charge in [0.15, 0.2) is 0 Å². The maximum Gasteiger partial charge on any atom is 0.309 e. The molecule has 0 saturated carbocycles. The van der Waals surface area contributed by atoms with Crippen molar-refractivity contribution in [2.75, 3.05) is 0 Å². The highest BCUT2D eigenvalue weighted by Gasteiger charge is 2.27. The number of aliphatic carboxylic acids is 1. The molecule has 0 spiro atoms. The maximum absolute atomic E-state index is 11.0. The van der Waals surface area contributed by atoms with Crippen LogP contribution in [0.5, 0.6) is 0 Å². The number of carboxylic acid groups (broad SMARTS) is 1. The van der Waals surface area contributed by atoms with Crippen LogP contribution >= 0.6 is 11.6 Å². The van der Waals surface area contributed by atoms with Gasteiger partial charge in [-0.05, 0) is 18.1 Å². The van der Waals surface area contributed by atoms with Crippen molar-refractivity contribution in [2.24, 2.45) is 5.92 Å². The van der Waals surface area contributed by atoms with E-state index >= 15 is 0 Å². The number of hydrogen-bond acceptors (Lipinski definition) is 2. The van der Waals surface area contributed by atoms with Crippen LogP contribution in [0.2, 0.25) is 5.02 Å². The minimum absolute atomic E-state index is 0.400. The Morgan fingerprint density at radius 3 is 2.56 bits per heavy atom. The molecule has 0 saturated heterocycles. The van der Waals surface area contributed by atoms with Crippen LogP contribution in [0.25, 0.3) is 0 Å². The second-order valence-electron chi connectivity index (χ2n) is 3.70. The zero-order valence-electron chi connectivity index (χ0n) is 9.06. The number of carboxylic acids is 1. The summed E-state index contributed by atoms with van der Waals surface area (Å²) in [6, 6.07) is 6.77. The summed E-state index contributed by atoms with van der Waals surface area (Å²) < 4.78 is 0. The van der Waals surface area contributed by atoms with Crippen LogP contribution in [0.3, 0.4) is 0 Å². The van der Waals surface area contributed by atoms with E-state index in [-0.39, 0.29) is 0 Å². The first-order valence-corrected chi connectivity index (χ1v) is 5.61. The number of hydrogen-bond donors (Lipinski definition) is 2. The summed E-state index contributed by atoms with van der Waals surface area (Å²) in [5, 5.41) is 19.4. The van der Waals surface area contributed by atoms with E-state index in [9.17, 15) is 9.90 Å². The molecule has 88 valence electrons. The lowest BCUT2D eigenvalue weighted by molar-refractivity contribution is -0.146. The number of aliphatic hydroxyl groups excluding tert-OH is 1. The van der Waals surface area contributed by atoms with E-state index < -0.39 is 18.0 Å². The first kappa shape index (κ1) is 13.0. The van der Waals surface area contributed by atoms with Gasteiger partial charge in [-0.2, -0.15) is 0 Å². The lowest BCUT2D eigenvalue weighted by Crippen LogP contribution is -2.22. The third-order valence-electron chi connectivity index (χ3n) is 2.52. The van der Waals surface area contributed by atoms with E-state index in [1.54, 1.807) is 24.3 Å². The summed E-state index contributed by atoms with van der Waals surface area (Å²) in [6.07, 6.45) is 0.0892. The molecule has 0 bridgehead atoms. The molecule has 0 radical (unpaired) electrons. The fourth-order valence-electron chi connectivity index (χ4n) is 1.66. The molecule has 3 nitrogen and oxygen atoms in total. The van der Waals surface area contributed by atoms with Gasteiger partial charge in [0.05, 0.1) is 12.0 Å². The highest BCUT2D eigenvalue weighted by Crippen LogP contribution is 2.30. The van der Waals surface area contributed by atoms with Crippen molar-refractivity contribution in [1.82, 2.24) is 0 Å². The molecular formula is C12H15ClO3. The molecule has 2 unspecified atom stereocenters. The quantitative estimate of drug-likeness (QED) is 0.835. The topological polar surface area (TPSA) is 57.5 Å². The van der Waals surface area contributed by atoms with Crippen LogP contribution in [0.1, 0.15) is 31.4 Å². The highest BCUT2D eigenvalue weighted by molar-refractivity contribution is 6.31. The molecule has 0 aromatic heterocycles. The van der Waals surface area contributed by atoms with Crippen LogP contribution in [0.15, 0.2) is 24.3 Å². The van der Waals surface area contributed by atoms with E-state index in [0.29, 0.717) is 23.4 Å². The van der Waals surface area contributed by atoms with Gasteiger partial charge in [0.2, 0.25) is 0 Å². The summed E-state index contributed by atoms with van der Waals surface area (Å²) in [5.41, 5.74) is 0.477. The van der Waals surface area contributed by atoms with Crippen LogP contribution in [0, 0.1) is 5.92 Å². The smallest absolute Gasteiger partial charge is 0.309 e. The van der Waals surface area contributed by atoms with Crippen molar-refractivity contribution >= 4 is 17.6 Å². The Hall–Kier alpha value is -1.06. The maximum atomic E-state index is 11.0. The molecule has 0 aliphatic heterocycles. The molecule has 4 heteroatoms. The molecule has 0 aliphatic rings. The molecule has 1 aromatic rings. The minimum Gasteiger partial charge on any atom is -0.481 e. The van der Waals surface area contributed by atoms with E-state index in [4.69, 9.17) is 16.7 Å². The van der Waals surface area contributed by atoms with Crippen molar-refractivity contribution in [2.45, 2.75) is 25.9 Å². The van der Waals surface area contributed by atoms with Crippen LogP contribution in [0.4, 0.5) is 0 Å². The third-order valence-corrected chi connectivity index (χ3v) is 2.87. The van der Waals surface area contributed by atoms with E-state index in [1.165, 1.54) is 0 Å². The van der Waals surface area contributed by atoms with Crippen molar-refractivity contribution in [1.29, 1.82) is 0 Å². The normalized spacial score (nSPS) is 14.4. The zero-order chi connectivity index (χ0) is 12.1. The molecule has 16 heavy (non-hydrogen) atoms. The van der Waals surface area contributed by atoms with Crippen molar-refractivity contribution < 1.29 is 15.0 Å². The number of rotatable bonds is 5. The van der Waals surface area contributed by atoms with E-state index in [0.717, 1.165) is 0 Å². The Kier molecular flexibility index (Phi) is 4.77. The van der Waals surface area contributed by atoms with Gasteiger partial charge in [0.25, 0.3) is 0 Å². The molecule has 1 aromatic carbocycles. The summed E-state index contributed by atoms with van der Waals surface area (Å²) in [5.74, 6) is -1.79. The highest BCUT2D eigenvalue weighted by atomic mass is 35.5. The number of halogens is 1. The molecule has 2 N–H and O–H groups in total.